The highest BCUT2D eigenvalue weighted by Crippen LogP contribution is 2.25. The van der Waals surface area contributed by atoms with Gasteiger partial charge in [0.1, 0.15) is 0 Å². The van der Waals surface area contributed by atoms with Crippen molar-refractivity contribution in [3.05, 3.63) is 81.5 Å². The molecule has 0 aliphatic carbocycles. The number of benzene rings is 1. The molecule has 0 fully saturated rings. The molecule has 0 bridgehead atoms. The molecule has 0 radical (unpaired) electrons. The third-order valence-electron chi connectivity index (χ3n) is 4.56. The number of guanidine groups is 1. The number of hydrogen-bond acceptors (Lipinski definition) is 6. The summed E-state index contributed by atoms with van der Waals surface area (Å²) in [5, 5.41) is 6.42. The Kier molecular flexibility index (Phi) is 4.19. The molecule has 1 aromatic carbocycles. The Morgan fingerprint density at radius 1 is 1.11 bits per heavy atom. The Hall–Kier alpha value is -3.48. The fourth-order valence-corrected chi connectivity index (χ4v) is 3.02. The molecule has 1 atom stereocenters. The molecule has 0 saturated carbocycles. The van der Waals surface area contributed by atoms with Gasteiger partial charge in [0.25, 0.3) is 5.56 Å². The summed E-state index contributed by atoms with van der Waals surface area (Å²) in [5.74, 6) is 0.986. The van der Waals surface area contributed by atoms with Gasteiger partial charge in [-0.3, -0.25) is 19.7 Å². The van der Waals surface area contributed by atoms with Crippen molar-refractivity contribution in [1.82, 2.24) is 14.5 Å². The van der Waals surface area contributed by atoms with E-state index in [4.69, 9.17) is 4.99 Å². The van der Waals surface area contributed by atoms with Crippen molar-refractivity contribution in [2.45, 2.75) is 26.9 Å². The molecular weight excluding hydrogens is 340 g/mol. The molecule has 1 aliphatic heterocycles. The van der Waals surface area contributed by atoms with Gasteiger partial charge in [-0.1, -0.05) is 12.1 Å². The molecule has 3 aromatic rings. The lowest BCUT2D eigenvalue weighted by molar-refractivity contribution is 0.575. The van der Waals surface area contributed by atoms with Gasteiger partial charge in [-0.2, -0.15) is 0 Å². The van der Waals surface area contributed by atoms with Crippen molar-refractivity contribution in [3.8, 4) is 0 Å². The topological polar surface area (TPSA) is 84.2 Å². The van der Waals surface area contributed by atoms with Crippen LogP contribution in [0.1, 0.15) is 28.6 Å². The molecule has 7 nitrogen and oxygen atoms in total. The summed E-state index contributed by atoms with van der Waals surface area (Å²) in [6.07, 6.45) is 2.87. The molecule has 4 rings (SSSR count). The first-order chi connectivity index (χ1) is 13.0. The average molecular weight is 360 g/mol. The third-order valence-corrected chi connectivity index (χ3v) is 4.56. The minimum Gasteiger partial charge on any atom is -0.326 e. The number of fused-ring (bicyclic) bond motifs is 1. The predicted molar refractivity (Wildman–Crippen MR) is 106 cm³/mol. The van der Waals surface area contributed by atoms with Crippen LogP contribution in [0.4, 0.5) is 11.6 Å². The van der Waals surface area contributed by atoms with Gasteiger partial charge in [-0.15, -0.1) is 0 Å². The lowest BCUT2D eigenvalue weighted by Crippen LogP contribution is -2.37. The Balaban J connectivity index is 1.78. The molecule has 3 heterocycles. The highest BCUT2D eigenvalue weighted by molar-refractivity contribution is 6.03. The van der Waals surface area contributed by atoms with Crippen LogP contribution in [0, 0.1) is 20.8 Å². The van der Waals surface area contributed by atoms with Crippen molar-refractivity contribution in [3.63, 3.8) is 0 Å². The van der Waals surface area contributed by atoms with Gasteiger partial charge in [0.15, 0.2) is 6.17 Å². The number of nitrogens with one attached hydrogen (secondary N) is 2. The molecule has 0 amide bonds. The lowest BCUT2D eigenvalue weighted by Gasteiger charge is -2.27. The van der Waals surface area contributed by atoms with E-state index in [-0.39, 0.29) is 5.56 Å². The SMILES string of the molecule is Cc1cc(=O)n2c(n1)NC(Nc1ccc(C)c(C)c1)=N[C@H]2c1cccnc1. The molecule has 0 saturated heterocycles. The number of hydrogen-bond donors (Lipinski definition) is 2. The normalized spacial score (nSPS) is 15.5. The van der Waals surface area contributed by atoms with Crippen LogP contribution in [0.15, 0.2) is 58.6 Å². The van der Waals surface area contributed by atoms with Crippen molar-refractivity contribution < 1.29 is 0 Å². The van der Waals surface area contributed by atoms with Crippen LogP contribution in [0.25, 0.3) is 0 Å². The fourth-order valence-electron chi connectivity index (χ4n) is 3.02. The highest BCUT2D eigenvalue weighted by atomic mass is 16.1. The van der Waals surface area contributed by atoms with Gasteiger partial charge < -0.3 is 5.32 Å². The molecule has 2 N–H and O–H groups in total. The molecule has 0 spiro atoms. The van der Waals surface area contributed by atoms with Crippen molar-refractivity contribution in [2.24, 2.45) is 4.99 Å². The number of anilines is 2. The Labute approximate surface area is 156 Å². The van der Waals surface area contributed by atoms with E-state index in [9.17, 15) is 4.79 Å². The second kappa shape index (κ2) is 6.68. The standard InChI is InChI=1S/C20H20N6O/c1-12-6-7-16(9-13(12)2)23-19-24-18(15-5-4-8-21-11-15)26-17(27)10-14(3)22-20(26)25-19/h4-11,18H,1-3H3,(H2,22,23,24,25)/t18-/m1/s1. The second-order valence-corrected chi connectivity index (χ2v) is 6.62. The van der Waals surface area contributed by atoms with Crippen molar-refractivity contribution in [1.29, 1.82) is 0 Å². The average Bonchev–Trinajstić information content (AvgIpc) is 2.64. The fraction of sp³-hybridized carbons (Fsp3) is 0.200. The second-order valence-electron chi connectivity index (χ2n) is 6.62. The number of pyridine rings is 1. The lowest BCUT2D eigenvalue weighted by atomic mass is 10.1. The zero-order valence-electron chi connectivity index (χ0n) is 15.4. The zero-order chi connectivity index (χ0) is 19.0. The number of rotatable bonds is 2. The summed E-state index contributed by atoms with van der Waals surface area (Å²) in [7, 11) is 0. The van der Waals surface area contributed by atoms with E-state index in [1.54, 1.807) is 19.3 Å². The maximum atomic E-state index is 12.6. The van der Waals surface area contributed by atoms with Crippen LogP contribution in [0.2, 0.25) is 0 Å². The molecule has 2 aromatic heterocycles. The first-order valence-electron chi connectivity index (χ1n) is 8.70. The third kappa shape index (κ3) is 3.31. The zero-order valence-corrected chi connectivity index (χ0v) is 15.4. The van der Waals surface area contributed by atoms with E-state index in [1.807, 2.05) is 18.2 Å². The molecule has 136 valence electrons. The van der Waals surface area contributed by atoms with E-state index < -0.39 is 6.17 Å². The van der Waals surface area contributed by atoms with Gasteiger partial charge >= 0.3 is 0 Å². The van der Waals surface area contributed by atoms with Crippen LogP contribution >= 0.6 is 0 Å². The summed E-state index contributed by atoms with van der Waals surface area (Å²) < 4.78 is 1.54. The summed E-state index contributed by atoms with van der Waals surface area (Å²) in [6, 6.07) is 11.3. The Morgan fingerprint density at radius 2 is 1.96 bits per heavy atom. The van der Waals surface area contributed by atoms with Gasteiger partial charge in [-0.25, -0.2) is 9.98 Å². The van der Waals surface area contributed by atoms with Crippen LogP contribution in [-0.4, -0.2) is 20.5 Å². The predicted octanol–water partition coefficient (Wildman–Crippen LogP) is 3.00. The Morgan fingerprint density at radius 3 is 2.70 bits per heavy atom. The Bertz CT molecular complexity index is 1090. The number of aryl methyl sites for hydroxylation is 3. The van der Waals surface area contributed by atoms with Gasteiger partial charge in [-0.05, 0) is 50.1 Å². The van der Waals surface area contributed by atoms with Crippen molar-refractivity contribution >= 4 is 17.6 Å². The monoisotopic (exact) mass is 360 g/mol. The highest BCUT2D eigenvalue weighted by Gasteiger charge is 2.25. The summed E-state index contributed by atoms with van der Waals surface area (Å²) in [6.45, 7) is 5.93. The van der Waals surface area contributed by atoms with E-state index in [1.165, 1.54) is 21.8 Å². The maximum absolute atomic E-state index is 12.6. The smallest absolute Gasteiger partial charge is 0.257 e. The van der Waals surface area contributed by atoms with Crippen LogP contribution in [0.3, 0.4) is 0 Å². The van der Waals surface area contributed by atoms with Gasteiger partial charge in [0, 0.05) is 35.4 Å². The molecular formula is C20H20N6O. The van der Waals surface area contributed by atoms with Crippen LogP contribution in [0.5, 0.6) is 0 Å². The van der Waals surface area contributed by atoms with E-state index in [0.717, 1.165) is 11.3 Å². The summed E-state index contributed by atoms with van der Waals surface area (Å²) >= 11 is 0. The van der Waals surface area contributed by atoms with Crippen LogP contribution in [-0.2, 0) is 0 Å². The molecule has 7 heteroatoms. The van der Waals surface area contributed by atoms with Gasteiger partial charge in [0.2, 0.25) is 11.9 Å². The number of aliphatic imine (C=N–C) groups is 1. The molecule has 0 unspecified atom stereocenters. The van der Waals surface area contributed by atoms with E-state index in [0.29, 0.717) is 17.6 Å². The summed E-state index contributed by atoms with van der Waals surface area (Å²) in [4.78, 5) is 25.9. The minimum absolute atomic E-state index is 0.159. The largest absolute Gasteiger partial charge is 0.326 e. The first kappa shape index (κ1) is 17.0. The molecule has 1 aliphatic rings. The first-order valence-corrected chi connectivity index (χ1v) is 8.70. The summed E-state index contributed by atoms with van der Waals surface area (Å²) in [5.41, 5.74) is 4.63. The van der Waals surface area contributed by atoms with Crippen molar-refractivity contribution in [2.75, 3.05) is 10.6 Å². The van der Waals surface area contributed by atoms with E-state index >= 15 is 0 Å². The number of aromatic nitrogens is 3. The van der Waals surface area contributed by atoms with Crippen LogP contribution < -0.4 is 16.2 Å². The maximum Gasteiger partial charge on any atom is 0.257 e. The molecule has 27 heavy (non-hydrogen) atoms. The van der Waals surface area contributed by atoms with Gasteiger partial charge in [0.05, 0.1) is 0 Å². The minimum atomic E-state index is -0.537. The van der Waals surface area contributed by atoms with E-state index in [2.05, 4.69) is 46.6 Å². The quantitative estimate of drug-likeness (QED) is 0.734. The number of nitrogens with zero attached hydrogens (tertiary/aromatic N) is 4.